The van der Waals surface area contributed by atoms with Crippen molar-refractivity contribution in [3.63, 3.8) is 0 Å². The zero-order chi connectivity index (χ0) is 22.5. The van der Waals surface area contributed by atoms with Gasteiger partial charge in [-0.2, -0.15) is 0 Å². The van der Waals surface area contributed by atoms with Gasteiger partial charge in [0.15, 0.2) is 16.7 Å². The Morgan fingerprint density at radius 3 is 2.39 bits per heavy atom. The summed E-state index contributed by atoms with van der Waals surface area (Å²) in [6.45, 7) is 0. The van der Waals surface area contributed by atoms with E-state index in [0.29, 0.717) is 33.1 Å². The molecule has 1 amide bonds. The summed E-state index contributed by atoms with van der Waals surface area (Å²) in [4.78, 5) is 39.0. The summed E-state index contributed by atoms with van der Waals surface area (Å²) < 4.78 is 3.04. The maximum atomic E-state index is 12.9. The van der Waals surface area contributed by atoms with Crippen LogP contribution in [0.3, 0.4) is 0 Å². The van der Waals surface area contributed by atoms with E-state index in [-0.39, 0.29) is 23.2 Å². The molecule has 1 N–H and O–H groups in total. The highest BCUT2D eigenvalue weighted by molar-refractivity contribution is 7.99. The Hall–Kier alpha value is -3.82. The molecule has 0 bridgehead atoms. The van der Waals surface area contributed by atoms with E-state index in [9.17, 15) is 14.4 Å². The van der Waals surface area contributed by atoms with Crippen LogP contribution in [-0.4, -0.2) is 37.8 Å². The quantitative estimate of drug-likeness (QED) is 0.383. The molecule has 33 heavy (non-hydrogen) atoms. The number of nitrogens with one attached hydrogen (secondary N) is 1. The van der Waals surface area contributed by atoms with Crippen molar-refractivity contribution in [2.75, 3.05) is 11.1 Å². The number of para-hydroxylation sites is 1. The molecule has 1 aliphatic carbocycles. The Labute approximate surface area is 195 Å². The minimum Gasteiger partial charge on any atom is -0.325 e. The molecule has 1 aliphatic rings. The van der Waals surface area contributed by atoms with Crippen molar-refractivity contribution < 1.29 is 14.4 Å². The van der Waals surface area contributed by atoms with E-state index in [0.717, 1.165) is 15.2 Å². The monoisotopic (exact) mass is 470 g/mol. The fraction of sp³-hybridized carbons (Fsp3) is 0.0417. The molecule has 0 spiro atoms. The van der Waals surface area contributed by atoms with E-state index in [2.05, 4.69) is 15.5 Å². The summed E-state index contributed by atoms with van der Waals surface area (Å²) in [6, 6.07) is 19.5. The highest BCUT2D eigenvalue weighted by Crippen LogP contribution is 2.31. The zero-order valence-corrected chi connectivity index (χ0v) is 18.6. The molecule has 7 nitrogen and oxygen atoms in total. The smallest absolute Gasteiger partial charge is 0.234 e. The van der Waals surface area contributed by atoms with Crippen molar-refractivity contribution in [2.45, 2.75) is 5.16 Å². The SMILES string of the molecule is O=C(CSc1nnc2sc3ccccc3n12)Nc1ccc2c(c1)C(=O)c1ccccc1C2=O. The number of anilines is 1. The molecule has 0 fully saturated rings. The number of hydrogen-bond donors (Lipinski definition) is 1. The van der Waals surface area contributed by atoms with E-state index in [1.54, 1.807) is 53.8 Å². The van der Waals surface area contributed by atoms with Gasteiger partial charge in [-0.3, -0.25) is 18.8 Å². The Morgan fingerprint density at radius 1 is 0.879 bits per heavy atom. The predicted octanol–water partition coefficient (Wildman–Crippen LogP) is 4.45. The fourth-order valence-corrected chi connectivity index (χ4v) is 5.72. The summed E-state index contributed by atoms with van der Waals surface area (Å²) in [6.07, 6.45) is 0. The molecule has 0 saturated carbocycles. The van der Waals surface area contributed by atoms with Crippen LogP contribution in [-0.2, 0) is 4.79 Å². The van der Waals surface area contributed by atoms with Crippen molar-refractivity contribution in [3.05, 3.63) is 89.0 Å². The summed E-state index contributed by atoms with van der Waals surface area (Å²) in [7, 11) is 0. The van der Waals surface area contributed by atoms with Crippen molar-refractivity contribution in [1.82, 2.24) is 14.6 Å². The molecule has 0 radical (unpaired) electrons. The number of amides is 1. The second-order valence-corrected chi connectivity index (χ2v) is 9.42. The number of aromatic nitrogens is 3. The Balaban J connectivity index is 1.21. The highest BCUT2D eigenvalue weighted by atomic mass is 32.2. The van der Waals surface area contributed by atoms with E-state index < -0.39 is 0 Å². The molecule has 0 saturated heterocycles. The lowest BCUT2D eigenvalue weighted by atomic mass is 9.84. The van der Waals surface area contributed by atoms with Gasteiger partial charge in [-0.25, -0.2) is 0 Å². The van der Waals surface area contributed by atoms with E-state index in [1.165, 1.54) is 11.8 Å². The molecule has 2 aromatic heterocycles. The van der Waals surface area contributed by atoms with Crippen LogP contribution >= 0.6 is 23.1 Å². The third kappa shape index (κ3) is 3.24. The van der Waals surface area contributed by atoms with Crippen LogP contribution in [0.25, 0.3) is 15.2 Å². The molecular weight excluding hydrogens is 456 g/mol. The lowest BCUT2D eigenvalue weighted by Crippen LogP contribution is -2.21. The largest absolute Gasteiger partial charge is 0.325 e. The van der Waals surface area contributed by atoms with Crippen molar-refractivity contribution in [2.24, 2.45) is 0 Å². The Morgan fingerprint density at radius 2 is 1.58 bits per heavy atom. The van der Waals surface area contributed by atoms with Gasteiger partial charge < -0.3 is 5.32 Å². The second-order valence-electron chi connectivity index (χ2n) is 7.47. The third-order valence-electron chi connectivity index (χ3n) is 5.45. The number of ketones is 2. The average molecular weight is 471 g/mol. The van der Waals surface area contributed by atoms with Crippen LogP contribution in [0.4, 0.5) is 5.69 Å². The summed E-state index contributed by atoms with van der Waals surface area (Å²) in [5.74, 6) is -0.530. The van der Waals surface area contributed by atoms with E-state index in [1.807, 2.05) is 28.7 Å². The molecule has 5 aromatic rings. The van der Waals surface area contributed by atoms with Crippen molar-refractivity contribution in [3.8, 4) is 0 Å². The first-order valence-corrected chi connectivity index (χ1v) is 11.9. The predicted molar refractivity (Wildman–Crippen MR) is 127 cm³/mol. The molecular formula is C24H14N4O3S2. The first kappa shape index (κ1) is 19.8. The van der Waals surface area contributed by atoms with Gasteiger partial charge in [-0.15, -0.1) is 10.2 Å². The normalized spacial score (nSPS) is 12.7. The van der Waals surface area contributed by atoms with Crippen LogP contribution in [0.15, 0.2) is 71.9 Å². The standard InChI is InChI=1S/C24H14N4O3S2/c29-20(12-32-23-26-27-24-28(23)18-7-3-4-8-19(18)33-24)25-13-9-10-16-17(11-13)22(31)15-6-2-1-5-14(15)21(16)30/h1-11H,12H2,(H,25,29). The van der Waals surface area contributed by atoms with E-state index >= 15 is 0 Å². The number of rotatable bonds is 4. The van der Waals surface area contributed by atoms with Gasteiger partial charge >= 0.3 is 0 Å². The van der Waals surface area contributed by atoms with Crippen molar-refractivity contribution in [1.29, 1.82) is 0 Å². The number of hydrogen-bond acceptors (Lipinski definition) is 7. The van der Waals surface area contributed by atoms with Gasteiger partial charge in [0.25, 0.3) is 0 Å². The number of thiazole rings is 1. The van der Waals surface area contributed by atoms with Crippen LogP contribution < -0.4 is 5.32 Å². The molecule has 3 aromatic carbocycles. The van der Waals surface area contributed by atoms with Gasteiger partial charge in [-0.05, 0) is 30.3 Å². The minimum absolute atomic E-state index is 0.123. The number of thioether (sulfide) groups is 1. The molecule has 0 atom stereocenters. The second kappa shape index (κ2) is 7.65. The number of benzene rings is 3. The highest BCUT2D eigenvalue weighted by Gasteiger charge is 2.29. The van der Waals surface area contributed by atoms with Gasteiger partial charge in [0.2, 0.25) is 10.9 Å². The number of carbonyl (C=O) groups is 3. The lowest BCUT2D eigenvalue weighted by molar-refractivity contribution is -0.113. The molecule has 2 heterocycles. The first-order chi connectivity index (χ1) is 16.1. The third-order valence-corrected chi connectivity index (χ3v) is 7.39. The average Bonchev–Trinajstić information content (AvgIpc) is 3.40. The van der Waals surface area contributed by atoms with Gasteiger partial charge in [0.05, 0.1) is 16.0 Å². The maximum absolute atomic E-state index is 12.9. The van der Waals surface area contributed by atoms with Gasteiger partial charge in [0.1, 0.15) is 0 Å². The first-order valence-electron chi connectivity index (χ1n) is 10.1. The maximum Gasteiger partial charge on any atom is 0.234 e. The molecule has 0 aliphatic heterocycles. The van der Waals surface area contributed by atoms with Crippen molar-refractivity contribution >= 4 is 61.4 Å². The minimum atomic E-state index is -0.244. The Kier molecular flexibility index (Phi) is 4.60. The van der Waals surface area contributed by atoms with Gasteiger partial charge in [0, 0.05) is 27.9 Å². The summed E-state index contributed by atoms with van der Waals surface area (Å²) >= 11 is 2.83. The van der Waals surface area contributed by atoms with Crippen LogP contribution in [0.5, 0.6) is 0 Å². The summed E-state index contributed by atoms with van der Waals surface area (Å²) in [5.41, 5.74) is 2.90. The number of nitrogens with zero attached hydrogens (tertiary/aromatic N) is 3. The summed E-state index contributed by atoms with van der Waals surface area (Å²) in [5, 5.41) is 11.9. The van der Waals surface area contributed by atoms with Gasteiger partial charge in [-0.1, -0.05) is 59.5 Å². The van der Waals surface area contributed by atoms with Crippen LogP contribution in [0.1, 0.15) is 31.8 Å². The van der Waals surface area contributed by atoms with E-state index in [4.69, 9.17) is 0 Å². The molecule has 9 heteroatoms. The molecule has 0 unspecified atom stereocenters. The lowest BCUT2D eigenvalue weighted by Gasteiger charge is -2.18. The molecule has 160 valence electrons. The van der Waals surface area contributed by atoms with Crippen LogP contribution in [0, 0.1) is 0 Å². The fourth-order valence-electron chi connectivity index (χ4n) is 3.95. The topological polar surface area (TPSA) is 93.4 Å². The molecule has 6 rings (SSSR count). The van der Waals surface area contributed by atoms with Crippen LogP contribution in [0.2, 0.25) is 0 Å². The number of carbonyl (C=O) groups excluding carboxylic acids is 3. The Bertz CT molecular complexity index is 1620. The zero-order valence-electron chi connectivity index (χ0n) is 16.9. The number of fused-ring (bicyclic) bond motifs is 5.